The van der Waals surface area contributed by atoms with E-state index in [1.165, 1.54) is 0 Å². The third-order valence-electron chi connectivity index (χ3n) is 3.76. The van der Waals surface area contributed by atoms with Gasteiger partial charge >= 0.3 is 5.97 Å². The number of aromatic nitrogens is 2. The zero-order valence-electron chi connectivity index (χ0n) is 10.8. The zero-order chi connectivity index (χ0) is 13.4. The fraction of sp³-hybridized carbons (Fsp3) is 0.333. The number of nitrogens with zero attached hydrogens (tertiary/aromatic N) is 1. The minimum atomic E-state index is -0.774. The lowest BCUT2D eigenvalue weighted by atomic mass is 9.90. The first kappa shape index (κ1) is 12.0. The Morgan fingerprint density at radius 1 is 1.42 bits per heavy atom. The molecule has 1 aliphatic carbocycles. The van der Waals surface area contributed by atoms with E-state index in [0.717, 1.165) is 41.2 Å². The van der Waals surface area contributed by atoms with Crippen LogP contribution < -0.4 is 0 Å². The van der Waals surface area contributed by atoms with Gasteiger partial charge in [0.1, 0.15) is 11.7 Å². The first-order chi connectivity index (χ1) is 9.16. The highest BCUT2D eigenvalue weighted by Gasteiger charge is 2.29. The minimum Gasteiger partial charge on any atom is -0.481 e. The van der Waals surface area contributed by atoms with Crippen molar-refractivity contribution in [2.24, 2.45) is 0 Å². The Balaban J connectivity index is 2.07. The van der Waals surface area contributed by atoms with E-state index in [1.807, 2.05) is 31.2 Å². The van der Waals surface area contributed by atoms with Gasteiger partial charge in [-0.3, -0.25) is 4.79 Å². The number of rotatable bonds is 2. The quantitative estimate of drug-likeness (QED) is 0.868. The van der Waals surface area contributed by atoms with E-state index in [-0.39, 0.29) is 0 Å². The Hall–Kier alpha value is -2.10. The fourth-order valence-corrected chi connectivity index (χ4v) is 2.73. The van der Waals surface area contributed by atoms with Crippen molar-refractivity contribution in [2.45, 2.75) is 32.1 Å². The summed E-state index contributed by atoms with van der Waals surface area (Å²) in [6, 6.07) is 8.00. The van der Waals surface area contributed by atoms with Crippen LogP contribution in [0.1, 0.15) is 35.7 Å². The summed E-state index contributed by atoms with van der Waals surface area (Å²) in [4.78, 5) is 19.1. The van der Waals surface area contributed by atoms with E-state index >= 15 is 0 Å². The van der Waals surface area contributed by atoms with Crippen LogP contribution in [0.3, 0.4) is 0 Å². The van der Waals surface area contributed by atoms with Gasteiger partial charge in [0, 0.05) is 11.3 Å². The van der Waals surface area contributed by atoms with Crippen molar-refractivity contribution < 1.29 is 9.90 Å². The van der Waals surface area contributed by atoms with Crippen molar-refractivity contribution in [1.29, 1.82) is 0 Å². The maximum absolute atomic E-state index is 11.3. The monoisotopic (exact) mass is 256 g/mol. The van der Waals surface area contributed by atoms with E-state index in [1.54, 1.807) is 0 Å². The topological polar surface area (TPSA) is 66.0 Å². The van der Waals surface area contributed by atoms with Crippen molar-refractivity contribution in [3.05, 3.63) is 41.2 Å². The van der Waals surface area contributed by atoms with Crippen LogP contribution in [0.2, 0.25) is 0 Å². The number of aliphatic carboxylic acids is 1. The number of hydrogen-bond donors (Lipinski definition) is 2. The molecule has 4 heteroatoms. The van der Waals surface area contributed by atoms with Crippen molar-refractivity contribution in [2.75, 3.05) is 0 Å². The molecule has 0 saturated heterocycles. The van der Waals surface area contributed by atoms with Crippen LogP contribution in [0, 0.1) is 6.92 Å². The predicted octanol–water partition coefficient (Wildman–Crippen LogP) is 2.89. The lowest BCUT2D eigenvalue weighted by Gasteiger charge is -2.16. The summed E-state index contributed by atoms with van der Waals surface area (Å²) in [6.07, 6.45) is 2.47. The Morgan fingerprint density at radius 2 is 2.21 bits per heavy atom. The Kier molecular flexibility index (Phi) is 2.85. The van der Waals surface area contributed by atoms with Crippen molar-refractivity contribution in [3.8, 4) is 11.4 Å². The molecule has 1 aromatic heterocycles. The number of fused-ring (bicyclic) bond motifs is 1. The molecule has 0 spiro atoms. The van der Waals surface area contributed by atoms with E-state index in [4.69, 9.17) is 0 Å². The predicted molar refractivity (Wildman–Crippen MR) is 72.1 cm³/mol. The molecule has 1 atom stereocenters. The van der Waals surface area contributed by atoms with Crippen LogP contribution in [0.5, 0.6) is 0 Å². The molecule has 98 valence electrons. The molecule has 2 N–H and O–H groups in total. The largest absolute Gasteiger partial charge is 0.481 e. The van der Waals surface area contributed by atoms with Crippen LogP contribution in [0.15, 0.2) is 24.3 Å². The molecule has 1 aliphatic rings. The Bertz CT molecular complexity index is 631. The molecule has 0 aliphatic heterocycles. The highest BCUT2D eigenvalue weighted by molar-refractivity contribution is 5.76. The van der Waals surface area contributed by atoms with E-state index in [0.29, 0.717) is 6.42 Å². The van der Waals surface area contributed by atoms with Crippen LogP contribution in [-0.4, -0.2) is 21.0 Å². The second-order valence-corrected chi connectivity index (χ2v) is 5.05. The standard InChI is InChI=1S/C15H16N2O2/c1-9-5-2-3-6-10(9)14-16-12-8-4-7-11(15(18)19)13(12)17-14/h2-3,5-6,11H,4,7-8H2,1H3,(H,16,17)(H,18,19). The molecule has 0 amide bonds. The van der Waals surface area contributed by atoms with Crippen molar-refractivity contribution in [3.63, 3.8) is 0 Å². The molecular formula is C15H16N2O2. The average Bonchev–Trinajstić information content (AvgIpc) is 2.82. The summed E-state index contributed by atoms with van der Waals surface area (Å²) in [5.74, 6) is -0.446. The lowest BCUT2D eigenvalue weighted by Crippen LogP contribution is -2.17. The van der Waals surface area contributed by atoms with Crippen LogP contribution >= 0.6 is 0 Å². The number of aromatic amines is 1. The van der Waals surface area contributed by atoms with Gasteiger partial charge in [-0.15, -0.1) is 0 Å². The summed E-state index contributed by atoms with van der Waals surface area (Å²) in [6.45, 7) is 2.03. The van der Waals surface area contributed by atoms with Crippen LogP contribution in [-0.2, 0) is 11.2 Å². The van der Waals surface area contributed by atoms with E-state index < -0.39 is 11.9 Å². The molecule has 4 nitrogen and oxygen atoms in total. The van der Waals surface area contributed by atoms with Crippen LogP contribution in [0.4, 0.5) is 0 Å². The molecule has 3 rings (SSSR count). The number of carboxylic acid groups (broad SMARTS) is 1. The number of carbonyl (C=O) groups is 1. The molecule has 1 heterocycles. The average molecular weight is 256 g/mol. The van der Waals surface area contributed by atoms with E-state index in [2.05, 4.69) is 9.97 Å². The minimum absolute atomic E-state index is 0.460. The second-order valence-electron chi connectivity index (χ2n) is 5.05. The normalized spacial score (nSPS) is 18.1. The van der Waals surface area contributed by atoms with Gasteiger partial charge in [0.25, 0.3) is 0 Å². The van der Waals surface area contributed by atoms with Gasteiger partial charge in [-0.1, -0.05) is 24.3 Å². The molecular weight excluding hydrogens is 240 g/mol. The van der Waals surface area contributed by atoms with E-state index in [9.17, 15) is 9.90 Å². The number of carboxylic acids is 1. The Labute approximate surface area is 111 Å². The molecule has 19 heavy (non-hydrogen) atoms. The third kappa shape index (κ3) is 2.03. The maximum Gasteiger partial charge on any atom is 0.312 e. The lowest BCUT2D eigenvalue weighted by molar-refractivity contribution is -0.139. The van der Waals surface area contributed by atoms with Gasteiger partial charge in [-0.05, 0) is 31.7 Å². The molecule has 0 fully saturated rings. The number of nitrogens with one attached hydrogen (secondary N) is 1. The van der Waals surface area contributed by atoms with Crippen molar-refractivity contribution in [1.82, 2.24) is 9.97 Å². The van der Waals surface area contributed by atoms with Gasteiger partial charge in [-0.25, -0.2) is 4.98 Å². The first-order valence-electron chi connectivity index (χ1n) is 6.54. The number of imidazole rings is 1. The van der Waals surface area contributed by atoms with Gasteiger partial charge < -0.3 is 10.1 Å². The fourth-order valence-electron chi connectivity index (χ4n) is 2.73. The highest BCUT2D eigenvalue weighted by Crippen LogP contribution is 2.32. The summed E-state index contributed by atoms with van der Waals surface area (Å²) in [5, 5.41) is 9.27. The zero-order valence-corrected chi connectivity index (χ0v) is 10.8. The van der Waals surface area contributed by atoms with Gasteiger partial charge in [-0.2, -0.15) is 0 Å². The first-order valence-corrected chi connectivity index (χ1v) is 6.54. The summed E-state index contributed by atoms with van der Waals surface area (Å²) in [5.41, 5.74) is 3.88. The second kappa shape index (κ2) is 4.53. The maximum atomic E-state index is 11.3. The number of hydrogen-bond acceptors (Lipinski definition) is 2. The number of benzene rings is 1. The van der Waals surface area contributed by atoms with Gasteiger partial charge in [0.2, 0.25) is 0 Å². The smallest absolute Gasteiger partial charge is 0.312 e. The number of H-pyrrole nitrogens is 1. The van der Waals surface area contributed by atoms with Gasteiger partial charge in [0.05, 0.1) is 5.69 Å². The highest BCUT2D eigenvalue weighted by atomic mass is 16.4. The number of aryl methyl sites for hydroxylation is 2. The molecule has 0 radical (unpaired) electrons. The van der Waals surface area contributed by atoms with Crippen LogP contribution in [0.25, 0.3) is 11.4 Å². The molecule has 0 bridgehead atoms. The summed E-state index contributed by atoms with van der Waals surface area (Å²) >= 11 is 0. The van der Waals surface area contributed by atoms with Crippen molar-refractivity contribution >= 4 is 5.97 Å². The molecule has 1 unspecified atom stereocenters. The third-order valence-corrected chi connectivity index (χ3v) is 3.76. The SMILES string of the molecule is Cc1ccccc1-c1nc2c([nH]1)CCCC2C(=O)O. The summed E-state index contributed by atoms with van der Waals surface area (Å²) < 4.78 is 0. The molecule has 0 saturated carbocycles. The molecule has 1 aromatic carbocycles. The van der Waals surface area contributed by atoms with Gasteiger partial charge in [0.15, 0.2) is 0 Å². The Morgan fingerprint density at radius 3 is 2.95 bits per heavy atom. The molecule has 2 aromatic rings. The summed E-state index contributed by atoms with van der Waals surface area (Å²) in [7, 11) is 0.